The zero-order valence-corrected chi connectivity index (χ0v) is 18.0. The SMILES string of the molecule is CCCN(Cn1nc(C2CC2)n(Cc2ccccc2)c1=S)C1CCS(=O)(=O)C1. The fraction of sp³-hybridized carbons (Fsp3) is 0.600. The predicted octanol–water partition coefficient (Wildman–Crippen LogP) is 3.20. The highest BCUT2D eigenvalue weighted by molar-refractivity contribution is 7.91. The van der Waals surface area contributed by atoms with Crippen LogP contribution in [-0.4, -0.2) is 51.8 Å². The fourth-order valence-electron chi connectivity index (χ4n) is 4.00. The molecule has 2 aliphatic rings. The lowest BCUT2D eigenvalue weighted by molar-refractivity contribution is 0.155. The average Bonchev–Trinajstić information content (AvgIpc) is 3.39. The molecule has 2 heterocycles. The van der Waals surface area contributed by atoms with Gasteiger partial charge in [0, 0.05) is 12.0 Å². The summed E-state index contributed by atoms with van der Waals surface area (Å²) in [6, 6.07) is 10.4. The molecule has 0 spiro atoms. The quantitative estimate of drug-likeness (QED) is 0.614. The van der Waals surface area contributed by atoms with Crippen molar-refractivity contribution in [1.82, 2.24) is 19.2 Å². The number of benzene rings is 1. The topological polar surface area (TPSA) is 60.1 Å². The minimum Gasteiger partial charge on any atom is -0.299 e. The highest BCUT2D eigenvalue weighted by Crippen LogP contribution is 2.39. The van der Waals surface area contributed by atoms with Crippen molar-refractivity contribution in [2.24, 2.45) is 0 Å². The highest BCUT2D eigenvalue weighted by Gasteiger charge is 2.34. The summed E-state index contributed by atoms with van der Waals surface area (Å²) in [5.74, 6) is 2.11. The Balaban J connectivity index is 1.60. The molecule has 4 rings (SSSR count). The summed E-state index contributed by atoms with van der Waals surface area (Å²) in [5, 5.41) is 4.88. The number of hydrogen-bond acceptors (Lipinski definition) is 5. The van der Waals surface area contributed by atoms with Crippen LogP contribution >= 0.6 is 12.2 Å². The van der Waals surface area contributed by atoms with Crippen LogP contribution in [0.1, 0.15) is 49.9 Å². The molecule has 2 aromatic rings. The molecule has 1 atom stereocenters. The molecule has 1 aromatic heterocycles. The Morgan fingerprint density at radius 3 is 2.57 bits per heavy atom. The minimum absolute atomic E-state index is 0.0653. The van der Waals surface area contributed by atoms with E-state index in [-0.39, 0.29) is 11.8 Å². The van der Waals surface area contributed by atoms with Crippen LogP contribution in [0.15, 0.2) is 30.3 Å². The molecule has 152 valence electrons. The van der Waals surface area contributed by atoms with E-state index in [0.29, 0.717) is 24.8 Å². The van der Waals surface area contributed by atoms with Crippen LogP contribution in [0.2, 0.25) is 0 Å². The minimum atomic E-state index is -2.91. The van der Waals surface area contributed by atoms with E-state index < -0.39 is 9.84 Å². The summed E-state index contributed by atoms with van der Waals surface area (Å²) in [4.78, 5) is 2.25. The Hall–Kier alpha value is -1.51. The van der Waals surface area contributed by atoms with Crippen molar-refractivity contribution in [3.63, 3.8) is 0 Å². The van der Waals surface area contributed by atoms with Gasteiger partial charge in [-0.15, -0.1) is 0 Å². The first-order chi connectivity index (χ1) is 13.5. The monoisotopic (exact) mass is 420 g/mol. The Bertz CT molecular complexity index is 977. The van der Waals surface area contributed by atoms with Crippen molar-refractivity contribution in [3.8, 4) is 0 Å². The smallest absolute Gasteiger partial charge is 0.199 e. The summed E-state index contributed by atoms with van der Waals surface area (Å²) in [6.45, 7) is 4.27. The maximum Gasteiger partial charge on any atom is 0.199 e. The maximum absolute atomic E-state index is 12.0. The molecule has 6 nitrogen and oxygen atoms in total. The van der Waals surface area contributed by atoms with Crippen molar-refractivity contribution in [2.45, 2.75) is 57.8 Å². The number of rotatable bonds is 8. The molecular formula is C20H28N4O2S2. The van der Waals surface area contributed by atoms with E-state index in [9.17, 15) is 8.42 Å². The van der Waals surface area contributed by atoms with E-state index in [1.54, 1.807) is 0 Å². The molecule has 8 heteroatoms. The lowest BCUT2D eigenvalue weighted by Crippen LogP contribution is -2.38. The Morgan fingerprint density at radius 2 is 1.96 bits per heavy atom. The van der Waals surface area contributed by atoms with Crippen molar-refractivity contribution < 1.29 is 8.42 Å². The highest BCUT2D eigenvalue weighted by atomic mass is 32.2. The number of aromatic nitrogens is 3. The van der Waals surface area contributed by atoms with Crippen molar-refractivity contribution in [3.05, 3.63) is 46.5 Å². The molecule has 28 heavy (non-hydrogen) atoms. The third-order valence-corrected chi connectivity index (χ3v) is 7.81. The Kier molecular flexibility index (Phi) is 5.71. The van der Waals surface area contributed by atoms with E-state index in [4.69, 9.17) is 17.3 Å². The normalized spacial score (nSPS) is 21.4. The van der Waals surface area contributed by atoms with Gasteiger partial charge in [0.25, 0.3) is 0 Å². The summed E-state index contributed by atoms with van der Waals surface area (Å²) >= 11 is 5.80. The number of nitrogens with zero attached hydrogens (tertiary/aromatic N) is 4. The molecule has 0 N–H and O–H groups in total. The van der Waals surface area contributed by atoms with Crippen LogP contribution in [0.5, 0.6) is 0 Å². The molecule has 1 aliphatic carbocycles. The summed E-state index contributed by atoms with van der Waals surface area (Å²) < 4.78 is 28.7. The van der Waals surface area contributed by atoms with Crippen molar-refractivity contribution in [2.75, 3.05) is 18.1 Å². The molecule has 1 aliphatic heterocycles. The molecule has 0 amide bonds. The first-order valence-corrected chi connectivity index (χ1v) is 12.4. The molecule has 0 bridgehead atoms. The third kappa shape index (κ3) is 4.39. The molecule has 1 aromatic carbocycles. The van der Waals surface area contributed by atoms with Crippen LogP contribution in [0.3, 0.4) is 0 Å². The van der Waals surface area contributed by atoms with E-state index in [0.717, 1.165) is 30.1 Å². The lowest BCUT2D eigenvalue weighted by Gasteiger charge is -2.27. The van der Waals surface area contributed by atoms with Gasteiger partial charge in [0.05, 0.1) is 24.7 Å². The van der Waals surface area contributed by atoms with Gasteiger partial charge in [-0.05, 0) is 50.0 Å². The van der Waals surface area contributed by atoms with Crippen molar-refractivity contribution in [1.29, 1.82) is 0 Å². The van der Waals surface area contributed by atoms with E-state index in [1.165, 1.54) is 18.4 Å². The van der Waals surface area contributed by atoms with Gasteiger partial charge in [0.2, 0.25) is 0 Å². The molecule has 1 saturated heterocycles. The predicted molar refractivity (Wildman–Crippen MR) is 113 cm³/mol. The standard InChI is InChI=1S/C20H28N4O2S2/c1-2-11-22(18-10-12-28(25,26)14-18)15-24-20(27)23(19(21-24)17-8-9-17)13-16-6-4-3-5-7-16/h3-7,17-18H,2,8-15H2,1H3. The molecular weight excluding hydrogens is 392 g/mol. The van der Waals surface area contributed by atoms with E-state index >= 15 is 0 Å². The van der Waals surface area contributed by atoms with Gasteiger partial charge in [-0.2, -0.15) is 5.10 Å². The molecule has 1 saturated carbocycles. The Labute approximate surface area is 172 Å². The van der Waals surface area contributed by atoms with Gasteiger partial charge in [0.15, 0.2) is 14.6 Å². The molecule has 0 radical (unpaired) electrons. The fourth-order valence-corrected chi connectivity index (χ4v) is 6.02. The summed E-state index contributed by atoms with van der Waals surface area (Å²) in [6.07, 6.45) is 4.01. The van der Waals surface area contributed by atoms with Crippen LogP contribution in [-0.2, 0) is 23.1 Å². The van der Waals surface area contributed by atoms with Gasteiger partial charge in [0.1, 0.15) is 5.82 Å². The number of hydrogen-bond donors (Lipinski definition) is 0. The number of sulfone groups is 1. The second-order valence-corrected chi connectivity index (χ2v) is 10.6. The van der Waals surface area contributed by atoms with E-state index in [2.05, 4.69) is 28.5 Å². The zero-order chi connectivity index (χ0) is 19.7. The maximum atomic E-state index is 12.0. The summed E-state index contributed by atoms with van der Waals surface area (Å²) in [5.41, 5.74) is 1.22. The van der Waals surface area contributed by atoms with Gasteiger partial charge >= 0.3 is 0 Å². The van der Waals surface area contributed by atoms with Crippen LogP contribution < -0.4 is 0 Å². The molecule has 2 fully saturated rings. The first-order valence-electron chi connectivity index (χ1n) is 10.1. The van der Waals surface area contributed by atoms with Crippen LogP contribution in [0, 0.1) is 4.77 Å². The van der Waals surface area contributed by atoms with Gasteiger partial charge in [-0.1, -0.05) is 37.3 Å². The Morgan fingerprint density at radius 1 is 1.21 bits per heavy atom. The second kappa shape index (κ2) is 8.08. The first kappa shape index (κ1) is 19.8. The lowest BCUT2D eigenvalue weighted by atomic mass is 10.2. The van der Waals surface area contributed by atoms with Crippen molar-refractivity contribution >= 4 is 22.1 Å². The van der Waals surface area contributed by atoms with Gasteiger partial charge < -0.3 is 0 Å². The third-order valence-electron chi connectivity index (χ3n) is 5.63. The summed E-state index contributed by atoms with van der Waals surface area (Å²) in [7, 11) is -2.91. The second-order valence-electron chi connectivity index (χ2n) is 8.00. The van der Waals surface area contributed by atoms with Crippen LogP contribution in [0.25, 0.3) is 0 Å². The zero-order valence-electron chi connectivity index (χ0n) is 16.3. The van der Waals surface area contributed by atoms with Gasteiger partial charge in [-0.3, -0.25) is 9.47 Å². The largest absolute Gasteiger partial charge is 0.299 e. The van der Waals surface area contributed by atoms with Crippen LogP contribution in [0.4, 0.5) is 0 Å². The van der Waals surface area contributed by atoms with E-state index in [1.807, 2.05) is 22.9 Å². The molecule has 1 unspecified atom stereocenters. The average molecular weight is 421 g/mol. The van der Waals surface area contributed by atoms with Gasteiger partial charge in [-0.25, -0.2) is 13.1 Å².